The molecule has 118 valence electrons. The normalized spacial score (nSPS) is 15.5. The number of nitrogens with one attached hydrogen (secondary N) is 2. The number of amides is 1. The molecule has 7 nitrogen and oxygen atoms in total. The zero-order valence-corrected chi connectivity index (χ0v) is 12.8. The molecule has 2 rings (SSSR count). The average Bonchev–Trinajstić information content (AvgIpc) is 2.72. The number of methoxy groups -OCH3 is 1. The van der Waals surface area contributed by atoms with E-state index in [1.807, 2.05) is 0 Å². The van der Waals surface area contributed by atoms with Gasteiger partial charge in [0.1, 0.15) is 12.3 Å². The third kappa shape index (κ3) is 3.25. The zero-order chi connectivity index (χ0) is 16.5. The van der Waals surface area contributed by atoms with Gasteiger partial charge in [-0.2, -0.15) is 0 Å². The van der Waals surface area contributed by atoms with Crippen LogP contribution in [0.4, 0.5) is 5.69 Å². The molecule has 0 radical (unpaired) electrons. The Labute approximate surface area is 128 Å². The van der Waals surface area contributed by atoms with Gasteiger partial charge >= 0.3 is 0 Å². The van der Waals surface area contributed by atoms with Gasteiger partial charge in [-0.15, -0.1) is 0 Å². The van der Waals surface area contributed by atoms with Crippen LogP contribution in [0, 0.1) is 10.8 Å². The summed E-state index contributed by atoms with van der Waals surface area (Å²) in [5.74, 6) is 0.363. The first-order valence-corrected chi connectivity index (χ1v) is 6.74. The molecule has 0 spiro atoms. The van der Waals surface area contributed by atoms with E-state index in [4.69, 9.17) is 20.3 Å². The van der Waals surface area contributed by atoms with Crippen molar-refractivity contribution in [2.24, 2.45) is 0 Å². The van der Waals surface area contributed by atoms with Crippen LogP contribution in [0.3, 0.4) is 0 Å². The molecule has 1 aliphatic heterocycles. The van der Waals surface area contributed by atoms with E-state index in [1.165, 1.54) is 12.0 Å². The smallest absolute Gasteiger partial charge is 0.278 e. The number of ether oxygens (including phenoxy) is 2. The summed E-state index contributed by atoms with van der Waals surface area (Å²) in [6, 6.07) is 4.91. The molecule has 7 heteroatoms. The molecule has 0 saturated carbocycles. The summed E-state index contributed by atoms with van der Waals surface area (Å²) in [5.41, 5.74) is -0.740. The summed E-state index contributed by atoms with van der Waals surface area (Å²) in [4.78, 5) is 13.3. The highest BCUT2D eigenvalue weighted by Gasteiger charge is 2.32. The maximum Gasteiger partial charge on any atom is 0.278 e. The maximum atomic E-state index is 11.9. The van der Waals surface area contributed by atoms with Crippen molar-refractivity contribution in [3.05, 3.63) is 18.2 Å². The molecular formula is C15H19N3O4. The lowest BCUT2D eigenvalue weighted by atomic mass is 10.2. The van der Waals surface area contributed by atoms with Crippen molar-refractivity contribution in [3.63, 3.8) is 0 Å². The standard InChI is InChI=1S/C15H19N3O4/c1-15(2,20)8-22-11-5-4-9(6-12(11)21-3)18-7-10(16)13(17)14(18)19/h4-6,16-17,20H,7-8H2,1-3H3. The maximum absolute atomic E-state index is 11.9. The largest absolute Gasteiger partial charge is 0.493 e. The molecule has 1 fully saturated rings. The van der Waals surface area contributed by atoms with E-state index in [-0.39, 0.29) is 24.6 Å². The third-order valence-electron chi connectivity index (χ3n) is 3.12. The summed E-state index contributed by atoms with van der Waals surface area (Å²) in [6.45, 7) is 3.44. The summed E-state index contributed by atoms with van der Waals surface area (Å²) in [6.07, 6.45) is 0. The van der Waals surface area contributed by atoms with Gasteiger partial charge in [0.25, 0.3) is 5.91 Å². The topological polar surface area (TPSA) is 107 Å². The number of hydrogen-bond acceptors (Lipinski definition) is 6. The summed E-state index contributed by atoms with van der Waals surface area (Å²) in [5, 5.41) is 24.8. The molecular weight excluding hydrogens is 286 g/mol. The predicted octanol–water partition coefficient (Wildman–Crippen LogP) is 1.23. The molecule has 1 amide bonds. The molecule has 0 unspecified atom stereocenters. The average molecular weight is 305 g/mol. The second kappa shape index (κ2) is 5.76. The molecule has 0 bridgehead atoms. The van der Waals surface area contributed by atoms with Crippen LogP contribution >= 0.6 is 0 Å². The highest BCUT2D eigenvalue weighted by molar-refractivity contribution is 6.72. The molecule has 1 heterocycles. The molecule has 3 N–H and O–H groups in total. The van der Waals surface area contributed by atoms with E-state index in [0.29, 0.717) is 17.2 Å². The van der Waals surface area contributed by atoms with Crippen molar-refractivity contribution >= 4 is 23.0 Å². The van der Waals surface area contributed by atoms with Gasteiger partial charge < -0.3 is 24.9 Å². The number of aliphatic hydroxyl groups is 1. The Hall–Kier alpha value is -2.41. The first-order valence-electron chi connectivity index (χ1n) is 6.74. The van der Waals surface area contributed by atoms with Crippen molar-refractivity contribution in [2.45, 2.75) is 19.4 Å². The summed E-state index contributed by atoms with van der Waals surface area (Å²) in [7, 11) is 1.48. The van der Waals surface area contributed by atoms with Crippen LogP contribution in [0.25, 0.3) is 0 Å². The fourth-order valence-corrected chi connectivity index (χ4v) is 1.98. The molecule has 1 aliphatic rings. The Morgan fingerprint density at radius 1 is 1.32 bits per heavy atom. The summed E-state index contributed by atoms with van der Waals surface area (Å²) < 4.78 is 10.8. The first kappa shape index (κ1) is 16.0. The van der Waals surface area contributed by atoms with Crippen LogP contribution in [0.15, 0.2) is 18.2 Å². The van der Waals surface area contributed by atoms with Crippen LogP contribution in [0.1, 0.15) is 13.8 Å². The van der Waals surface area contributed by atoms with E-state index in [2.05, 4.69) is 0 Å². The number of nitrogens with zero attached hydrogens (tertiary/aromatic N) is 1. The number of rotatable bonds is 5. The van der Waals surface area contributed by atoms with Gasteiger partial charge in [0.2, 0.25) is 0 Å². The lowest BCUT2D eigenvalue weighted by Crippen LogP contribution is -2.28. The van der Waals surface area contributed by atoms with Crippen molar-refractivity contribution in [1.82, 2.24) is 0 Å². The van der Waals surface area contributed by atoms with Gasteiger partial charge in [-0.1, -0.05) is 0 Å². The fraction of sp³-hybridized carbons (Fsp3) is 0.400. The number of carbonyl (C=O) groups is 1. The van der Waals surface area contributed by atoms with Crippen LogP contribution in [0.2, 0.25) is 0 Å². The first-order chi connectivity index (χ1) is 10.2. The van der Waals surface area contributed by atoms with Crippen molar-refractivity contribution in [3.8, 4) is 11.5 Å². The molecule has 0 aliphatic carbocycles. The van der Waals surface area contributed by atoms with Gasteiger partial charge in [-0.3, -0.25) is 10.2 Å². The molecule has 1 aromatic rings. The van der Waals surface area contributed by atoms with Crippen molar-refractivity contribution in [2.75, 3.05) is 25.2 Å². The number of benzene rings is 1. The lowest BCUT2D eigenvalue weighted by molar-refractivity contribution is -0.111. The Morgan fingerprint density at radius 3 is 2.50 bits per heavy atom. The molecule has 0 aromatic heterocycles. The molecule has 1 aromatic carbocycles. The minimum Gasteiger partial charge on any atom is -0.493 e. The third-order valence-corrected chi connectivity index (χ3v) is 3.12. The zero-order valence-electron chi connectivity index (χ0n) is 12.8. The second-order valence-electron chi connectivity index (χ2n) is 5.68. The lowest BCUT2D eigenvalue weighted by Gasteiger charge is -2.21. The van der Waals surface area contributed by atoms with Gasteiger partial charge in [0.15, 0.2) is 11.5 Å². The van der Waals surface area contributed by atoms with E-state index < -0.39 is 11.5 Å². The highest BCUT2D eigenvalue weighted by Crippen LogP contribution is 2.33. The SMILES string of the molecule is COc1cc(N2CC(=N)C(=N)C2=O)ccc1OCC(C)(C)O. The monoisotopic (exact) mass is 305 g/mol. The van der Waals surface area contributed by atoms with E-state index >= 15 is 0 Å². The molecule has 22 heavy (non-hydrogen) atoms. The highest BCUT2D eigenvalue weighted by atomic mass is 16.5. The van der Waals surface area contributed by atoms with E-state index in [1.54, 1.807) is 32.0 Å². The fourth-order valence-electron chi connectivity index (χ4n) is 1.98. The Morgan fingerprint density at radius 2 is 2.00 bits per heavy atom. The van der Waals surface area contributed by atoms with Gasteiger partial charge in [0.05, 0.1) is 25.0 Å². The predicted molar refractivity (Wildman–Crippen MR) is 82.6 cm³/mol. The number of anilines is 1. The van der Waals surface area contributed by atoms with E-state index in [0.717, 1.165) is 0 Å². The van der Waals surface area contributed by atoms with Crippen molar-refractivity contribution < 1.29 is 19.4 Å². The Kier molecular flexibility index (Phi) is 4.18. The summed E-state index contributed by atoms with van der Waals surface area (Å²) >= 11 is 0. The van der Waals surface area contributed by atoms with Crippen molar-refractivity contribution in [1.29, 1.82) is 10.8 Å². The van der Waals surface area contributed by atoms with Crippen LogP contribution in [-0.4, -0.2) is 48.3 Å². The van der Waals surface area contributed by atoms with Gasteiger partial charge in [-0.05, 0) is 26.0 Å². The Balaban J connectivity index is 2.24. The number of carbonyl (C=O) groups excluding carboxylic acids is 1. The van der Waals surface area contributed by atoms with Crippen LogP contribution in [0.5, 0.6) is 11.5 Å². The van der Waals surface area contributed by atoms with Crippen LogP contribution in [-0.2, 0) is 4.79 Å². The minimum absolute atomic E-state index is 0.00803. The minimum atomic E-state index is -0.973. The molecule has 1 saturated heterocycles. The quantitative estimate of drug-likeness (QED) is 0.760. The van der Waals surface area contributed by atoms with Gasteiger partial charge in [-0.25, -0.2) is 0 Å². The van der Waals surface area contributed by atoms with E-state index in [9.17, 15) is 9.90 Å². The van der Waals surface area contributed by atoms with Gasteiger partial charge in [0, 0.05) is 11.8 Å². The number of hydrogen-bond donors (Lipinski definition) is 3. The van der Waals surface area contributed by atoms with Crippen LogP contribution < -0.4 is 14.4 Å². The Bertz CT molecular complexity index is 634. The second-order valence-corrected chi connectivity index (χ2v) is 5.68. The molecule has 0 atom stereocenters.